The van der Waals surface area contributed by atoms with Crippen LogP contribution < -0.4 is 9.47 Å². The fourth-order valence-corrected chi connectivity index (χ4v) is 3.64. The highest BCUT2D eigenvalue weighted by atomic mass is 16.5. The van der Waals surface area contributed by atoms with E-state index in [1.54, 1.807) is 31.1 Å². The van der Waals surface area contributed by atoms with Crippen molar-refractivity contribution in [1.29, 1.82) is 0 Å². The van der Waals surface area contributed by atoms with Crippen LogP contribution in [0.25, 0.3) is 16.9 Å². The van der Waals surface area contributed by atoms with Crippen LogP contribution in [0.4, 0.5) is 0 Å². The lowest BCUT2D eigenvalue weighted by molar-refractivity contribution is 0.0699. The molecule has 1 aliphatic rings. The summed E-state index contributed by atoms with van der Waals surface area (Å²) < 4.78 is 12.4. The molecule has 4 rings (SSSR count). The van der Waals surface area contributed by atoms with E-state index >= 15 is 0 Å². The van der Waals surface area contributed by atoms with Gasteiger partial charge in [0.1, 0.15) is 5.56 Å². The number of hydrogen-bond donors (Lipinski definition) is 0. The highest BCUT2D eigenvalue weighted by Crippen LogP contribution is 2.32. The van der Waals surface area contributed by atoms with E-state index in [-0.39, 0.29) is 5.91 Å². The van der Waals surface area contributed by atoms with Gasteiger partial charge in [-0.15, -0.1) is 0 Å². The van der Waals surface area contributed by atoms with Gasteiger partial charge in [0.25, 0.3) is 5.91 Å². The second kappa shape index (κ2) is 7.50. The summed E-state index contributed by atoms with van der Waals surface area (Å²) in [5.41, 5.74) is 2.84. The van der Waals surface area contributed by atoms with Gasteiger partial charge in [-0.2, -0.15) is 5.10 Å². The molecule has 146 valence electrons. The number of benzene rings is 1. The molecule has 7 heteroatoms. The zero-order valence-electron chi connectivity index (χ0n) is 16.4. The van der Waals surface area contributed by atoms with Gasteiger partial charge in [-0.25, -0.2) is 9.50 Å². The quantitative estimate of drug-likeness (QED) is 0.695. The molecule has 28 heavy (non-hydrogen) atoms. The third-order valence-corrected chi connectivity index (χ3v) is 5.38. The molecule has 7 nitrogen and oxygen atoms in total. The smallest absolute Gasteiger partial charge is 0.259 e. The molecular weight excluding hydrogens is 356 g/mol. The number of piperidine rings is 1. The zero-order chi connectivity index (χ0) is 19.7. The number of likely N-dealkylation sites (tertiary alicyclic amines) is 1. The van der Waals surface area contributed by atoms with E-state index in [0.29, 0.717) is 28.6 Å². The van der Waals surface area contributed by atoms with Crippen LogP contribution >= 0.6 is 0 Å². The van der Waals surface area contributed by atoms with E-state index in [1.807, 2.05) is 29.2 Å². The van der Waals surface area contributed by atoms with Gasteiger partial charge in [-0.05, 0) is 43.0 Å². The Bertz CT molecular complexity index is 1010. The van der Waals surface area contributed by atoms with Crippen LogP contribution in [0, 0.1) is 5.92 Å². The molecule has 0 unspecified atom stereocenters. The number of aromatic nitrogens is 3. The standard InChI is InChI=1S/C21H24N4O3/c1-14-7-10-24(11-8-14)21(26)16-13-23-25-17(6-9-22-20(16)25)15-4-5-18(27-2)19(12-15)28-3/h4-6,9,12-14H,7-8,10-11H2,1-3H3. The molecule has 0 spiro atoms. The van der Waals surface area contributed by atoms with Gasteiger partial charge in [-0.1, -0.05) is 6.92 Å². The highest BCUT2D eigenvalue weighted by molar-refractivity contribution is 6.00. The van der Waals surface area contributed by atoms with Crippen molar-refractivity contribution in [2.24, 2.45) is 5.92 Å². The summed E-state index contributed by atoms with van der Waals surface area (Å²) >= 11 is 0. The first-order valence-corrected chi connectivity index (χ1v) is 9.46. The Morgan fingerprint density at radius 1 is 1.11 bits per heavy atom. The highest BCUT2D eigenvalue weighted by Gasteiger charge is 2.25. The maximum atomic E-state index is 13.0. The van der Waals surface area contributed by atoms with Crippen molar-refractivity contribution in [3.63, 3.8) is 0 Å². The molecule has 0 saturated carbocycles. The van der Waals surface area contributed by atoms with Crippen LogP contribution in [-0.2, 0) is 0 Å². The number of ether oxygens (including phenoxy) is 2. The summed E-state index contributed by atoms with van der Waals surface area (Å²) in [6, 6.07) is 7.55. The first kappa shape index (κ1) is 18.3. The van der Waals surface area contributed by atoms with Gasteiger partial charge in [0, 0.05) is 24.8 Å². The molecule has 2 aromatic heterocycles. The molecule has 1 aromatic carbocycles. The maximum Gasteiger partial charge on any atom is 0.259 e. The minimum absolute atomic E-state index is 0.00105. The Morgan fingerprint density at radius 3 is 2.57 bits per heavy atom. The number of hydrogen-bond acceptors (Lipinski definition) is 5. The van der Waals surface area contributed by atoms with Crippen LogP contribution in [0.1, 0.15) is 30.1 Å². The van der Waals surface area contributed by atoms with E-state index < -0.39 is 0 Å². The Labute approximate surface area is 163 Å². The van der Waals surface area contributed by atoms with Gasteiger partial charge in [0.05, 0.1) is 26.1 Å². The van der Waals surface area contributed by atoms with Crippen molar-refractivity contribution in [1.82, 2.24) is 19.5 Å². The van der Waals surface area contributed by atoms with E-state index in [0.717, 1.165) is 37.2 Å². The Balaban J connectivity index is 1.72. The SMILES string of the molecule is COc1ccc(-c2ccnc3c(C(=O)N4CCC(C)CC4)cnn23)cc1OC. The van der Waals surface area contributed by atoms with Crippen LogP contribution in [0.5, 0.6) is 11.5 Å². The number of nitrogens with zero attached hydrogens (tertiary/aromatic N) is 4. The predicted molar refractivity (Wildman–Crippen MR) is 106 cm³/mol. The van der Waals surface area contributed by atoms with Crippen LogP contribution in [0.2, 0.25) is 0 Å². The molecule has 0 aliphatic carbocycles. The van der Waals surface area contributed by atoms with Crippen molar-refractivity contribution in [2.45, 2.75) is 19.8 Å². The van der Waals surface area contributed by atoms with Crippen molar-refractivity contribution in [2.75, 3.05) is 27.3 Å². The minimum Gasteiger partial charge on any atom is -0.493 e. The lowest BCUT2D eigenvalue weighted by Gasteiger charge is -2.29. The second-order valence-electron chi connectivity index (χ2n) is 7.17. The van der Waals surface area contributed by atoms with Gasteiger partial charge >= 0.3 is 0 Å². The summed E-state index contributed by atoms with van der Waals surface area (Å²) in [6.45, 7) is 3.80. The molecule has 3 heterocycles. The fourth-order valence-electron chi connectivity index (χ4n) is 3.64. The third kappa shape index (κ3) is 3.17. The average Bonchev–Trinajstić information content (AvgIpc) is 3.17. The summed E-state index contributed by atoms with van der Waals surface area (Å²) in [5.74, 6) is 1.96. The third-order valence-electron chi connectivity index (χ3n) is 5.38. The van der Waals surface area contributed by atoms with Gasteiger partial charge in [-0.3, -0.25) is 4.79 Å². The second-order valence-corrected chi connectivity index (χ2v) is 7.17. The maximum absolute atomic E-state index is 13.0. The molecule has 1 aliphatic heterocycles. The molecule has 0 radical (unpaired) electrons. The van der Waals surface area contributed by atoms with Crippen molar-refractivity contribution >= 4 is 11.6 Å². The van der Waals surface area contributed by atoms with Gasteiger partial charge in [0.2, 0.25) is 0 Å². The van der Waals surface area contributed by atoms with Crippen molar-refractivity contribution in [3.8, 4) is 22.8 Å². The van der Waals surface area contributed by atoms with Gasteiger partial charge < -0.3 is 14.4 Å². The lowest BCUT2D eigenvalue weighted by Crippen LogP contribution is -2.37. The molecule has 0 N–H and O–H groups in total. The molecule has 1 amide bonds. The largest absolute Gasteiger partial charge is 0.493 e. The van der Waals surface area contributed by atoms with Crippen molar-refractivity contribution < 1.29 is 14.3 Å². The minimum atomic E-state index is -0.00105. The monoisotopic (exact) mass is 380 g/mol. The molecule has 3 aromatic rings. The number of carbonyl (C=O) groups is 1. The topological polar surface area (TPSA) is 69.0 Å². The summed E-state index contributed by atoms with van der Waals surface area (Å²) in [7, 11) is 3.21. The molecular formula is C21H24N4O3. The van der Waals surface area contributed by atoms with E-state index in [4.69, 9.17) is 9.47 Å². The Morgan fingerprint density at radius 2 is 1.86 bits per heavy atom. The number of amides is 1. The van der Waals surface area contributed by atoms with E-state index in [1.165, 1.54) is 0 Å². The van der Waals surface area contributed by atoms with Crippen LogP contribution in [0.15, 0.2) is 36.7 Å². The number of carbonyl (C=O) groups excluding carboxylic acids is 1. The first-order chi connectivity index (χ1) is 13.6. The van der Waals surface area contributed by atoms with Crippen LogP contribution in [-0.4, -0.2) is 52.7 Å². The lowest BCUT2D eigenvalue weighted by atomic mass is 9.99. The van der Waals surface area contributed by atoms with Gasteiger partial charge in [0.15, 0.2) is 17.1 Å². The number of rotatable bonds is 4. The molecule has 1 saturated heterocycles. The molecule has 0 bridgehead atoms. The van der Waals surface area contributed by atoms with Crippen LogP contribution in [0.3, 0.4) is 0 Å². The predicted octanol–water partition coefficient (Wildman–Crippen LogP) is 3.29. The average molecular weight is 380 g/mol. The Hall–Kier alpha value is -3.09. The normalized spacial score (nSPS) is 15.0. The Kier molecular flexibility index (Phi) is 4.90. The molecule has 1 fully saturated rings. The number of fused-ring (bicyclic) bond motifs is 1. The van der Waals surface area contributed by atoms with Crippen molar-refractivity contribution in [3.05, 3.63) is 42.2 Å². The zero-order valence-corrected chi connectivity index (χ0v) is 16.4. The summed E-state index contributed by atoms with van der Waals surface area (Å²) in [6.07, 6.45) is 5.40. The molecule has 0 atom stereocenters. The number of methoxy groups -OCH3 is 2. The van der Waals surface area contributed by atoms with E-state index in [9.17, 15) is 4.79 Å². The van der Waals surface area contributed by atoms with E-state index in [2.05, 4.69) is 17.0 Å². The first-order valence-electron chi connectivity index (χ1n) is 9.46. The fraction of sp³-hybridized carbons (Fsp3) is 0.381. The summed E-state index contributed by atoms with van der Waals surface area (Å²) in [5, 5.41) is 4.46. The summed E-state index contributed by atoms with van der Waals surface area (Å²) in [4.78, 5) is 19.3.